The van der Waals surface area contributed by atoms with Crippen molar-refractivity contribution < 1.29 is 13.9 Å². The molecule has 1 N–H and O–H groups in total. The third-order valence-corrected chi connectivity index (χ3v) is 4.02. The van der Waals surface area contributed by atoms with Crippen molar-refractivity contribution in [2.24, 2.45) is 0 Å². The smallest absolute Gasteiger partial charge is 0.347 e. The van der Waals surface area contributed by atoms with E-state index >= 15 is 0 Å². The Balaban J connectivity index is 1.77. The van der Waals surface area contributed by atoms with Crippen molar-refractivity contribution in [2.45, 2.75) is 0 Å². The van der Waals surface area contributed by atoms with Gasteiger partial charge in [-0.15, -0.1) is 0 Å². The zero-order valence-corrected chi connectivity index (χ0v) is 14.1. The summed E-state index contributed by atoms with van der Waals surface area (Å²) in [5.74, 6) is 1.96. The van der Waals surface area contributed by atoms with Gasteiger partial charge in [0.05, 0.1) is 14.2 Å². The Hall–Kier alpha value is -3.61. The summed E-state index contributed by atoms with van der Waals surface area (Å²) in [4.78, 5) is 16.7. The van der Waals surface area contributed by atoms with Crippen molar-refractivity contribution in [3.63, 3.8) is 0 Å². The third-order valence-electron chi connectivity index (χ3n) is 4.02. The van der Waals surface area contributed by atoms with E-state index in [4.69, 9.17) is 13.9 Å². The molecular formula is C19H15N3O4. The fourth-order valence-electron chi connectivity index (χ4n) is 2.71. The molecule has 0 saturated heterocycles. The second-order valence-corrected chi connectivity index (χ2v) is 5.56. The fourth-order valence-corrected chi connectivity index (χ4v) is 2.71. The molecule has 7 heteroatoms. The van der Waals surface area contributed by atoms with Crippen molar-refractivity contribution in [1.82, 2.24) is 15.2 Å². The number of nitrogens with one attached hydrogen (secondary N) is 1. The van der Waals surface area contributed by atoms with Crippen LogP contribution in [0.25, 0.3) is 33.7 Å². The van der Waals surface area contributed by atoms with E-state index in [-0.39, 0.29) is 0 Å². The number of H-pyrrole nitrogens is 1. The van der Waals surface area contributed by atoms with E-state index in [0.29, 0.717) is 34.3 Å². The first kappa shape index (κ1) is 15.9. The van der Waals surface area contributed by atoms with Gasteiger partial charge in [-0.2, -0.15) is 5.10 Å². The first-order valence-corrected chi connectivity index (χ1v) is 7.87. The van der Waals surface area contributed by atoms with Crippen LogP contribution in [0.2, 0.25) is 0 Å². The zero-order valence-electron chi connectivity index (χ0n) is 14.1. The van der Waals surface area contributed by atoms with Crippen LogP contribution in [-0.2, 0) is 0 Å². The van der Waals surface area contributed by atoms with E-state index in [1.807, 2.05) is 24.3 Å². The van der Waals surface area contributed by atoms with Gasteiger partial charge in [0, 0.05) is 10.9 Å². The summed E-state index contributed by atoms with van der Waals surface area (Å²) in [6.07, 6.45) is 0. The molecule has 0 bridgehead atoms. The van der Waals surface area contributed by atoms with Crippen molar-refractivity contribution in [3.8, 4) is 34.3 Å². The zero-order chi connectivity index (χ0) is 18.1. The number of benzene rings is 2. The SMILES string of the molecule is COc1ccc(-c2n[nH]c(-c3cc4ccccc4oc3=O)n2)cc1OC. The van der Waals surface area contributed by atoms with E-state index in [9.17, 15) is 4.79 Å². The summed E-state index contributed by atoms with van der Waals surface area (Å²) in [5, 5.41) is 7.81. The van der Waals surface area contributed by atoms with Gasteiger partial charge in [-0.1, -0.05) is 18.2 Å². The van der Waals surface area contributed by atoms with Gasteiger partial charge in [-0.25, -0.2) is 9.78 Å². The average Bonchev–Trinajstić information content (AvgIpc) is 3.16. The number of para-hydroxylation sites is 1. The van der Waals surface area contributed by atoms with Gasteiger partial charge in [0.2, 0.25) is 0 Å². The molecule has 0 amide bonds. The number of methoxy groups -OCH3 is 2. The van der Waals surface area contributed by atoms with Crippen molar-refractivity contribution in [1.29, 1.82) is 0 Å². The van der Waals surface area contributed by atoms with Gasteiger partial charge < -0.3 is 13.9 Å². The van der Waals surface area contributed by atoms with Crippen molar-refractivity contribution in [3.05, 3.63) is 59.0 Å². The monoisotopic (exact) mass is 349 g/mol. The molecule has 2 aromatic heterocycles. The topological polar surface area (TPSA) is 90.2 Å². The van der Waals surface area contributed by atoms with E-state index in [2.05, 4.69) is 15.2 Å². The van der Waals surface area contributed by atoms with Gasteiger partial charge in [0.15, 0.2) is 23.1 Å². The van der Waals surface area contributed by atoms with Gasteiger partial charge in [-0.3, -0.25) is 5.10 Å². The third kappa shape index (κ3) is 2.69. The Morgan fingerprint density at radius 3 is 2.62 bits per heavy atom. The van der Waals surface area contributed by atoms with E-state index in [1.165, 1.54) is 0 Å². The second-order valence-electron chi connectivity index (χ2n) is 5.56. The fraction of sp³-hybridized carbons (Fsp3) is 0.105. The van der Waals surface area contributed by atoms with E-state index in [1.54, 1.807) is 38.5 Å². The van der Waals surface area contributed by atoms with Crippen LogP contribution >= 0.6 is 0 Å². The molecule has 0 radical (unpaired) electrons. The molecule has 2 heterocycles. The maximum absolute atomic E-state index is 12.3. The Kier molecular flexibility index (Phi) is 3.89. The molecule has 0 aliphatic heterocycles. The number of fused-ring (bicyclic) bond motifs is 1. The van der Waals surface area contributed by atoms with Gasteiger partial charge in [0.25, 0.3) is 0 Å². The van der Waals surface area contributed by atoms with Crippen molar-refractivity contribution in [2.75, 3.05) is 14.2 Å². The number of ether oxygens (including phenoxy) is 2. The summed E-state index contributed by atoms with van der Waals surface area (Å²) >= 11 is 0. The highest BCUT2D eigenvalue weighted by atomic mass is 16.5. The first-order chi connectivity index (χ1) is 12.7. The number of nitrogens with zero attached hydrogens (tertiary/aromatic N) is 2. The van der Waals surface area contributed by atoms with Crippen LogP contribution in [-0.4, -0.2) is 29.4 Å². The quantitative estimate of drug-likeness (QED) is 0.569. The highest BCUT2D eigenvalue weighted by Gasteiger charge is 2.14. The van der Waals surface area contributed by atoms with Crippen LogP contribution in [0, 0.1) is 0 Å². The maximum atomic E-state index is 12.3. The number of aromatic amines is 1. The molecular weight excluding hydrogens is 334 g/mol. The normalized spacial score (nSPS) is 10.8. The number of hydrogen-bond donors (Lipinski definition) is 1. The van der Waals surface area contributed by atoms with Gasteiger partial charge in [-0.05, 0) is 30.3 Å². The highest BCUT2D eigenvalue weighted by molar-refractivity contribution is 5.80. The highest BCUT2D eigenvalue weighted by Crippen LogP contribution is 2.31. The first-order valence-electron chi connectivity index (χ1n) is 7.87. The van der Waals surface area contributed by atoms with Crippen LogP contribution in [0.1, 0.15) is 0 Å². The lowest BCUT2D eigenvalue weighted by Crippen LogP contribution is -2.03. The predicted molar refractivity (Wildman–Crippen MR) is 96.4 cm³/mol. The minimum atomic E-state index is -0.473. The van der Waals surface area contributed by atoms with Crippen LogP contribution in [0.3, 0.4) is 0 Å². The Labute approximate surface area is 148 Å². The molecule has 7 nitrogen and oxygen atoms in total. The van der Waals surface area contributed by atoms with Crippen LogP contribution < -0.4 is 15.1 Å². The van der Waals surface area contributed by atoms with Crippen LogP contribution in [0.15, 0.2) is 57.7 Å². The number of hydrogen-bond acceptors (Lipinski definition) is 6. The Bertz CT molecular complexity index is 1150. The van der Waals surface area contributed by atoms with Gasteiger partial charge >= 0.3 is 5.63 Å². The molecule has 26 heavy (non-hydrogen) atoms. The molecule has 0 spiro atoms. The Morgan fingerprint density at radius 2 is 1.81 bits per heavy atom. The molecule has 0 aliphatic carbocycles. The second kappa shape index (κ2) is 6.36. The molecule has 4 aromatic rings. The molecule has 0 fully saturated rings. The summed E-state index contributed by atoms with van der Waals surface area (Å²) < 4.78 is 15.9. The standard InChI is InChI=1S/C19H15N3O4/c1-24-15-8-7-12(10-16(15)25-2)17-20-18(22-21-17)13-9-11-5-3-4-6-14(11)26-19(13)23/h3-10H,1-2H3,(H,20,21,22). The van der Waals surface area contributed by atoms with Crippen LogP contribution in [0.5, 0.6) is 11.5 Å². The maximum Gasteiger partial charge on any atom is 0.347 e. The minimum absolute atomic E-state index is 0.322. The lowest BCUT2D eigenvalue weighted by Gasteiger charge is -2.07. The predicted octanol–water partition coefficient (Wildman–Crippen LogP) is 3.26. The Morgan fingerprint density at radius 1 is 1.00 bits per heavy atom. The largest absolute Gasteiger partial charge is 0.493 e. The molecule has 0 unspecified atom stereocenters. The summed E-state index contributed by atoms with van der Waals surface area (Å²) in [6, 6.07) is 14.4. The summed E-state index contributed by atoms with van der Waals surface area (Å²) in [5.41, 5.74) is 1.11. The summed E-state index contributed by atoms with van der Waals surface area (Å²) in [6.45, 7) is 0. The number of rotatable bonds is 4. The lowest BCUT2D eigenvalue weighted by atomic mass is 10.1. The number of aromatic nitrogens is 3. The molecule has 130 valence electrons. The summed E-state index contributed by atoms with van der Waals surface area (Å²) in [7, 11) is 3.13. The lowest BCUT2D eigenvalue weighted by molar-refractivity contribution is 0.355. The molecule has 0 atom stereocenters. The minimum Gasteiger partial charge on any atom is -0.493 e. The average molecular weight is 349 g/mol. The van der Waals surface area contributed by atoms with Gasteiger partial charge in [0.1, 0.15) is 11.1 Å². The van der Waals surface area contributed by atoms with E-state index in [0.717, 1.165) is 10.9 Å². The molecule has 4 rings (SSSR count). The molecule has 0 saturated carbocycles. The molecule has 0 aliphatic rings. The van der Waals surface area contributed by atoms with Crippen molar-refractivity contribution >= 4 is 11.0 Å². The molecule has 2 aromatic carbocycles. The van der Waals surface area contributed by atoms with E-state index < -0.39 is 5.63 Å². The van der Waals surface area contributed by atoms with Crippen LogP contribution in [0.4, 0.5) is 0 Å².